The fourth-order valence-corrected chi connectivity index (χ4v) is 5.16. The highest BCUT2D eigenvalue weighted by Crippen LogP contribution is 2.44. The number of hydrogen-bond acceptors (Lipinski definition) is 8. The molecule has 0 amide bonds. The third-order valence-electron chi connectivity index (χ3n) is 3.82. The van der Waals surface area contributed by atoms with Crippen LogP contribution in [0.15, 0.2) is 22.7 Å². The molecule has 0 radical (unpaired) electrons. The Hall–Kier alpha value is -2.31. The van der Waals surface area contributed by atoms with Gasteiger partial charge < -0.3 is 16.2 Å². The quantitative estimate of drug-likeness (QED) is 0.576. The summed E-state index contributed by atoms with van der Waals surface area (Å²) < 4.78 is 58.7. The average molecular weight is 431 g/mol. The molecule has 7 nitrogen and oxygen atoms in total. The van der Waals surface area contributed by atoms with Gasteiger partial charge in [0.15, 0.2) is 0 Å². The van der Waals surface area contributed by atoms with E-state index in [2.05, 4.69) is 15.0 Å². The molecule has 0 aliphatic carbocycles. The van der Waals surface area contributed by atoms with E-state index in [0.717, 1.165) is 17.4 Å². The second-order valence-electron chi connectivity index (χ2n) is 5.76. The number of nitrogens with zero attached hydrogens (tertiary/aromatic N) is 3. The first kappa shape index (κ1) is 20.4. The highest BCUT2D eigenvalue weighted by molar-refractivity contribution is 7.87. The number of halogens is 3. The van der Waals surface area contributed by atoms with Crippen LogP contribution in [0.3, 0.4) is 0 Å². The molecule has 28 heavy (non-hydrogen) atoms. The summed E-state index contributed by atoms with van der Waals surface area (Å²) in [5, 5.41) is -0.243. The fraction of sp³-hybridized carbons (Fsp3) is 0.312. The zero-order valence-electron chi connectivity index (χ0n) is 14.6. The van der Waals surface area contributed by atoms with Gasteiger partial charge in [-0.15, -0.1) is 11.3 Å². The molecule has 3 rings (SSSR count). The molecule has 0 aromatic carbocycles. The van der Waals surface area contributed by atoms with Crippen LogP contribution in [-0.4, -0.2) is 38.6 Å². The zero-order chi connectivity index (χ0) is 20.5. The summed E-state index contributed by atoms with van der Waals surface area (Å²) in [5.41, 5.74) is 10.6. The largest absolute Gasteiger partial charge is 0.417 e. The van der Waals surface area contributed by atoms with Crippen LogP contribution in [-0.2, 0) is 21.7 Å². The number of ether oxygens (including phenoxy) is 1. The molecule has 0 fully saturated rings. The Morgan fingerprint density at radius 1 is 1.25 bits per heavy atom. The van der Waals surface area contributed by atoms with E-state index in [9.17, 15) is 17.4 Å². The van der Waals surface area contributed by atoms with Crippen LogP contribution in [0.1, 0.15) is 12.0 Å². The molecule has 0 saturated heterocycles. The molecule has 3 aromatic rings. The van der Waals surface area contributed by atoms with E-state index < -0.39 is 22.5 Å². The Kier molecular flexibility index (Phi) is 5.82. The Labute approximate surface area is 164 Å². The van der Waals surface area contributed by atoms with Crippen molar-refractivity contribution in [2.45, 2.75) is 16.8 Å². The number of hydrogen-bond donors (Lipinski definition) is 2. The lowest BCUT2D eigenvalue weighted by atomic mass is 10.1. The molecule has 0 bridgehead atoms. The maximum absolute atomic E-state index is 13.7. The van der Waals surface area contributed by atoms with E-state index in [0.29, 0.717) is 13.0 Å². The Bertz CT molecular complexity index is 1020. The van der Waals surface area contributed by atoms with Gasteiger partial charge in [-0.2, -0.15) is 13.2 Å². The minimum Gasteiger partial charge on any atom is -0.396 e. The minimum atomic E-state index is -4.67. The zero-order valence-corrected chi connectivity index (χ0v) is 16.2. The summed E-state index contributed by atoms with van der Waals surface area (Å²) in [7, 11) is -0.0408. The fourth-order valence-electron chi connectivity index (χ4n) is 2.54. The van der Waals surface area contributed by atoms with Crippen LogP contribution >= 0.6 is 11.3 Å². The van der Waals surface area contributed by atoms with E-state index in [1.165, 1.54) is 19.5 Å². The van der Waals surface area contributed by atoms with E-state index in [1.54, 1.807) is 0 Å². The van der Waals surface area contributed by atoms with Crippen molar-refractivity contribution in [3.63, 3.8) is 0 Å². The van der Waals surface area contributed by atoms with Crippen molar-refractivity contribution in [1.82, 2.24) is 15.0 Å². The molecular formula is C16H16F3N5O2S2. The summed E-state index contributed by atoms with van der Waals surface area (Å²) in [4.78, 5) is 11.9. The van der Waals surface area contributed by atoms with Crippen molar-refractivity contribution in [2.24, 2.45) is 0 Å². The van der Waals surface area contributed by atoms with Gasteiger partial charge in [0, 0.05) is 42.8 Å². The highest BCUT2D eigenvalue weighted by Gasteiger charge is 2.36. The van der Waals surface area contributed by atoms with Gasteiger partial charge in [-0.25, -0.2) is 15.0 Å². The van der Waals surface area contributed by atoms with Crippen LogP contribution in [0.25, 0.3) is 21.5 Å². The van der Waals surface area contributed by atoms with Crippen LogP contribution in [0.4, 0.5) is 24.8 Å². The third kappa shape index (κ3) is 4.08. The van der Waals surface area contributed by atoms with E-state index in [-0.39, 0.29) is 43.1 Å². The number of nitrogens with two attached hydrogens (primary N) is 2. The third-order valence-corrected chi connectivity index (χ3v) is 6.82. The lowest BCUT2D eigenvalue weighted by molar-refractivity contribution is -0.136. The first-order chi connectivity index (χ1) is 13.2. The summed E-state index contributed by atoms with van der Waals surface area (Å²) >= 11 is 0.890. The van der Waals surface area contributed by atoms with Gasteiger partial charge in [0.25, 0.3) is 0 Å². The van der Waals surface area contributed by atoms with Crippen LogP contribution in [0.2, 0.25) is 0 Å². The summed E-state index contributed by atoms with van der Waals surface area (Å²) in [5.74, 6) is 0.222. The van der Waals surface area contributed by atoms with Gasteiger partial charge in [0.1, 0.15) is 9.04 Å². The molecule has 0 unspecified atom stereocenters. The summed E-state index contributed by atoms with van der Waals surface area (Å²) in [6, 6.07) is 0.887. The van der Waals surface area contributed by atoms with Gasteiger partial charge in [0.2, 0.25) is 5.95 Å². The summed E-state index contributed by atoms with van der Waals surface area (Å²) in [6.45, 7) is 0.393. The smallest absolute Gasteiger partial charge is 0.396 e. The standard InChI is InChI=1S/C16H16F3N5O2S2/c1-26-3-2-4-28(25)14-12(20)11-9(16(17,18)19)5-10(24-13(11)27-14)8-6-22-15(21)23-7-8/h5-7H,2-4,20H2,1H3,(H2,21,22,23)/t28-/m1/s1. The molecule has 0 saturated carbocycles. The lowest BCUT2D eigenvalue weighted by Crippen LogP contribution is -2.08. The van der Waals surface area contributed by atoms with Crippen molar-refractivity contribution >= 4 is 44.0 Å². The number of pyridine rings is 1. The summed E-state index contributed by atoms with van der Waals surface area (Å²) in [6.07, 6.45) is -1.60. The Morgan fingerprint density at radius 2 is 1.93 bits per heavy atom. The van der Waals surface area contributed by atoms with Crippen molar-refractivity contribution in [3.05, 3.63) is 24.0 Å². The molecule has 0 aliphatic heterocycles. The van der Waals surface area contributed by atoms with E-state index in [1.807, 2.05) is 0 Å². The second-order valence-corrected chi connectivity index (χ2v) is 8.53. The lowest BCUT2D eigenvalue weighted by Gasteiger charge is -2.11. The maximum atomic E-state index is 13.7. The monoisotopic (exact) mass is 431 g/mol. The molecule has 3 heterocycles. The predicted molar refractivity (Wildman–Crippen MR) is 102 cm³/mol. The van der Waals surface area contributed by atoms with Gasteiger partial charge in [-0.3, -0.25) is 4.21 Å². The van der Waals surface area contributed by atoms with E-state index in [4.69, 9.17) is 16.2 Å². The molecule has 12 heteroatoms. The van der Waals surface area contributed by atoms with E-state index >= 15 is 0 Å². The SMILES string of the molecule is COCCC[S@@](=O)c1sc2nc(-c3cnc(N)nc3)cc(C(F)(F)F)c2c1N. The molecule has 3 aromatic heterocycles. The Balaban J connectivity index is 2.15. The maximum Gasteiger partial charge on any atom is 0.417 e. The molecule has 0 spiro atoms. The van der Waals surface area contributed by atoms with Crippen molar-refractivity contribution in [3.8, 4) is 11.3 Å². The Morgan fingerprint density at radius 3 is 2.54 bits per heavy atom. The molecular weight excluding hydrogens is 415 g/mol. The molecule has 150 valence electrons. The number of fused-ring (bicyclic) bond motifs is 1. The second kappa shape index (κ2) is 7.97. The minimum absolute atomic E-state index is 0.00465. The number of aromatic nitrogens is 3. The van der Waals surface area contributed by atoms with Crippen LogP contribution in [0, 0.1) is 0 Å². The van der Waals surface area contributed by atoms with Gasteiger partial charge >= 0.3 is 6.18 Å². The van der Waals surface area contributed by atoms with Crippen molar-refractivity contribution < 1.29 is 22.1 Å². The topological polar surface area (TPSA) is 117 Å². The number of anilines is 2. The number of alkyl halides is 3. The number of nitrogen functional groups attached to an aromatic ring is 2. The van der Waals surface area contributed by atoms with Crippen LogP contribution < -0.4 is 11.5 Å². The molecule has 0 aliphatic rings. The number of rotatable bonds is 6. The number of thiophene rings is 1. The normalized spacial score (nSPS) is 13.1. The highest BCUT2D eigenvalue weighted by atomic mass is 32.2. The van der Waals surface area contributed by atoms with Crippen LogP contribution in [0.5, 0.6) is 0 Å². The van der Waals surface area contributed by atoms with Gasteiger partial charge in [-0.1, -0.05) is 0 Å². The average Bonchev–Trinajstić information content (AvgIpc) is 2.97. The predicted octanol–water partition coefficient (Wildman–Crippen LogP) is 3.08. The van der Waals surface area contributed by atoms with Crippen molar-refractivity contribution in [1.29, 1.82) is 0 Å². The number of methoxy groups -OCH3 is 1. The van der Waals surface area contributed by atoms with Gasteiger partial charge in [-0.05, 0) is 12.5 Å². The molecule has 1 atom stereocenters. The molecule has 4 N–H and O–H groups in total. The van der Waals surface area contributed by atoms with Crippen molar-refractivity contribution in [2.75, 3.05) is 30.9 Å². The first-order valence-corrected chi connectivity index (χ1v) is 10.1. The first-order valence-electron chi connectivity index (χ1n) is 7.97. The van der Waals surface area contributed by atoms with Gasteiger partial charge in [0.05, 0.1) is 27.7 Å².